The Bertz CT molecular complexity index is 7790. The molecule has 4 aliphatic heterocycles. The minimum absolute atomic E-state index is 0.130. The minimum Gasteiger partial charge on any atom is -0.497 e. The first-order valence-corrected chi connectivity index (χ1v) is 47.3. The SMILES string of the molecule is CC1=C(C(=O)N(C)c2ccccc2C)C(c2ccccc2Br)N=C(Nc2nc3ccccc3o2)N1.CC1=C(C(=O)n2ccc3ccccc32)C(c2ccccc2Br)N=C(Nc2nc3ccccc3o2)N1.COc1ccc(NC(=O)C2=C(C)NC(Nc3nc4ccccc4o3)=NC2c2ccccc2Br)cc1.COc1ccccc1NC(=O)C1=C(C)NC(Nc2nc3ccccc3o2)=NC1c1ccccc1Br. The molecule has 0 bridgehead atoms. The van der Waals surface area contributed by atoms with Crippen molar-refractivity contribution in [2.24, 2.45) is 20.0 Å². The van der Waals surface area contributed by atoms with Crippen LogP contribution >= 0.6 is 63.7 Å². The first kappa shape index (κ1) is 94.1. The number of halogens is 4. The zero-order valence-electron chi connectivity index (χ0n) is 76.2. The molecule has 17 aromatic rings. The Morgan fingerprint density at radius 2 is 0.707 bits per heavy atom. The smallest absolute Gasteiger partial charge is 0.302 e. The van der Waals surface area contributed by atoms with Crippen molar-refractivity contribution < 1.29 is 46.3 Å². The van der Waals surface area contributed by atoms with E-state index in [0.29, 0.717) is 138 Å². The van der Waals surface area contributed by atoms with Gasteiger partial charge in [-0.2, -0.15) is 19.9 Å². The van der Waals surface area contributed by atoms with Crippen LogP contribution in [0.5, 0.6) is 11.5 Å². The molecule has 140 heavy (non-hydrogen) atoms. The molecule has 34 heteroatoms. The number of aryl methyl sites for hydroxylation is 1. The molecule has 0 spiro atoms. The first-order valence-electron chi connectivity index (χ1n) is 44.1. The van der Waals surface area contributed by atoms with Crippen LogP contribution in [0.2, 0.25) is 0 Å². The van der Waals surface area contributed by atoms with Gasteiger partial charge in [0.2, 0.25) is 23.8 Å². The number of amides is 3. The second kappa shape index (κ2) is 42.1. The van der Waals surface area contributed by atoms with Crippen molar-refractivity contribution >= 4 is 208 Å². The number of nitrogens with zero attached hydrogens (tertiary/aromatic N) is 10. The van der Waals surface area contributed by atoms with E-state index in [1.807, 2.05) is 295 Å². The molecule has 0 saturated heterocycles. The van der Waals surface area contributed by atoms with Crippen LogP contribution in [0.4, 0.5) is 41.1 Å². The van der Waals surface area contributed by atoms with E-state index in [0.717, 1.165) is 84.4 Å². The number of aromatic nitrogens is 5. The minimum atomic E-state index is -0.589. The molecule has 0 saturated carbocycles. The van der Waals surface area contributed by atoms with E-state index in [-0.39, 0.29) is 23.6 Å². The molecule has 21 rings (SSSR count). The Hall–Kier alpha value is -16.3. The van der Waals surface area contributed by atoms with Crippen molar-refractivity contribution in [2.45, 2.75) is 58.8 Å². The molecule has 4 atom stereocenters. The number of carbonyl (C=O) groups excluding carboxylic acids is 4. The van der Waals surface area contributed by atoms with Gasteiger partial charge in [-0.15, -0.1) is 0 Å². The van der Waals surface area contributed by atoms with Gasteiger partial charge >= 0.3 is 24.1 Å². The molecular formula is C106H88Br4N20O10. The zero-order chi connectivity index (χ0) is 97.2. The Morgan fingerprint density at radius 3 is 1.11 bits per heavy atom. The van der Waals surface area contributed by atoms with E-state index >= 15 is 0 Å². The molecule has 30 nitrogen and oxygen atoms in total. The third-order valence-electron chi connectivity index (χ3n) is 23.1. The van der Waals surface area contributed by atoms with Gasteiger partial charge in [0, 0.05) is 70.7 Å². The molecular weight excluding hydrogens is 2030 g/mol. The summed E-state index contributed by atoms with van der Waals surface area (Å²) < 4.78 is 38.9. The van der Waals surface area contributed by atoms with Gasteiger partial charge < -0.3 is 63.9 Å². The molecule has 0 aliphatic carbocycles. The number of rotatable bonds is 17. The molecule has 700 valence electrons. The number of carbonyl (C=O) groups is 4. The van der Waals surface area contributed by atoms with E-state index in [2.05, 4.69) is 137 Å². The van der Waals surface area contributed by atoms with Gasteiger partial charge in [0.15, 0.2) is 22.3 Å². The van der Waals surface area contributed by atoms with E-state index in [4.69, 9.17) is 47.1 Å². The maximum Gasteiger partial charge on any atom is 0.302 e. The third kappa shape index (κ3) is 20.8. The van der Waals surface area contributed by atoms with Gasteiger partial charge in [-0.1, -0.05) is 234 Å². The summed E-state index contributed by atoms with van der Waals surface area (Å²) in [5.41, 5.74) is 17.8. The number of hydrogen-bond donors (Lipinski definition) is 10. The van der Waals surface area contributed by atoms with Crippen LogP contribution in [-0.2, 0) is 14.4 Å². The number of ether oxygens (including phenoxy) is 2. The van der Waals surface area contributed by atoms with Gasteiger partial charge in [0.1, 0.15) is 57.7 Å². The Balaban J connectivity index is 0.000000124. The predicted molar refractivity (Wildman–Crippen MR) is 562 cm³/mol. The lowest BCUT2D eigenvalue weighted by molar-refractivity contribution is -0.115. The van der Waals surface area contributed by atoms with E-state index in [9.17, 15) is 19.2 Å². The number of likely N-dealkylation sites (N-methyl/N-ethyl adjacent to an activating group) is 1. The van der Waals surface area contributed by atoms with Crippen LogP contribution in [0.25, 0.3) is 55.3 Å². The Labute approximate surface area is 836 Å². The molecule has 5 aromatic heterocycles. The zero-order valence-corrected chi connectivity index (χ0v) is 82.6. The molecule has 10 N–H and O–H groups in total. The third-order valence-corrected chi connectivity index (χ3v) is 26.0. The molecule has 12 aromatic carbocycles. The second-order valence-corrected chi connectivity index (χ2v) is 35.7. The maximum atomic E-state index is 13.9. The monoisotopic (exact) mass is 2120 g/mol. The van der Waals surface area contributed by atoms with Crippen molar-refractivity contribution in [3.63, 3.8) is 0 Å². The summed E-state index contributed by atoms with van der Waals surface area (Å²) in [5, 5.41) is 32.3. The number of nitrogens with one attached hydrogen (secondary N) is 10. The molecule has 3 amide bonds. The van der Waals surface area contributed by atoms with Crippen molar-refractivity contribution in [1.82, 2.24) is 45.8 Å². The fourth-order valence-corrected chi connectivity index (χ4v) is 18.3. The van der Waals surface area contributed by atoms with Crippen molar-refractivity contribution in [2.75, 3.05) is 58.1 Å². The number of para-hydroxylation sites is 12. The van der Waals surface area contributed by atoms with Gasteiger partial charge in [-0.3, -0.25) is 45.0 Å². The number of allylic oxidation sites excluding steroid dienone is 4. The fourth-order valence-electron chi connectivity index (χ4n) is 16.3. The number of methoxy groups -OCH3 is 2. The highest BCUT2D eigenvalue weighted by Crippen LogP contribution is 2.43. The van der Waals surface area contributed by atoms with Gasteiger partial charge in [-0.05, 0) is 190 Å². The first-order chi connectivity index (χ1) is 68.0. The summed E-state index contributed by atoms with van der Waals surface area (Å²) in [6.45, 7) is 9.43. The van der Waals surface area contributed by atoms with Gasteiger partial charge in [0.05, 0.1) is 47.7 Å². The number of hydrogen-bond acceptors (Lipinski definition) is 26. The highest BCUT2D eigenvalue weighted by atomic mass is 79.9. The average molecular weight is 2120 g/mol. The normalized spacial score (nSPS) is 15.5. The summed E-state index contributed by atoms with van der Waals surface area (Å²) in [6.07, 6.45) is 1.81. The van der Waals surface area contributed by atoms with E-state index < -0.39 is 24.2 Å². The van der Waals surface area contributed by atoms with Crippen LogP contribution in [-0.4, -0.2) is 93.2 Å². The summed E-state index contributed by atoms with van der Waals surface area (Å²) in [7, 11) is 4.95. The number of anilines is 7. The molecule has 9 heterocycles. The van der Waals surface area contributed by atoms with Crippen LogP contribution in [0.1, 0.15) is 84.5 Å². The number of oxazole rings is 4. The highest BCUT2D eigenvalue weighted by molar-refractivity contribution is 9.11. The molecule has 0 radical (unpaired) electrons. The maximum absolute atomic E-state index is 13.9. The summed E-state index contributed by atoms with van der Waals surface area (Å²) in [6, 6.07) is 92.1. The van der Waals surface area contributed by atoms with E-state index in [1.54, 1.807) is 73.3 Å². The van der Waals surface area contributed by atoms with Crippen molar-refractivity contribution in [3.8, 4) is 11.5 Å². The summed E-state index contributed by atoms with van der Waals surface area (Å²) in [5.74, 6) is 2.21. The van der Waals surface area contributed by atoms with Gasteiger partial charge in [0.25, 0.3) is 23.6 Å². The van der Waals surface area contributed by atoms with E-state index in [1.165, 1.54) is 0 Å². The van der Waals surface area contributed by atoms with Crippen LogP contribution in [0, 0.1) is 6.92 Å². The number of fused-ring (bicyclic) bond motifs is 5. The van der Waals surface area contributed by atoms with Crippen LogP contribution in [0.15, 0.2) is 404 Å². The van der Waals surface area contributed by atoms with Gasteiger partial charge in [-0.25, -0.2) is 20.0 Å². The Kier molecular flexibility index (Phi) is 28.3. The van der Waals surface area contributed by atoms with Crippen LogP contribution in [0.3, 0.4) is 0 Å². The fraction of sp³-hybridized carbons (Fsp3) is 0.113. The largest absolute Gasteiger partial charge is 0.497 e. The molecule has 0 fully saturated rings. The molecule has 4 unspecified atom stereocenters. The summed E-state index contributed by atoms with van der Waals surface area (Å²) in [4.78, 5) is 93.7. The number of benzene rings is 12. The number of aliphatic imine (C=N–C) groups is 4. The number of guanidine groups is 4. The van der Waals surface area contributed by atoms with Crippen molar-refractivity contribution in [3.05, 3.63) is 394 Å². The Morgan fingerprint density at radius 1 is 0.364 bits per heavy atom. The summed E-state index contributed by atoms with van der Waals surface area (Å²) >= 11 is 14.5. The lowest BCUT2D eigenvalue weighted by Crippen LogP contribution is -2.40. The second-order valence-electron chi connectivity index (χ2n) is 32.2. The lowest BCUT2D eigenvalue weighted by Gasteiger charge is -2.30. The quantitative estimate of drug-likeness (QED) is 0.0405. The predicted octanol–water partition coefficient (Wildman–Crippen LogP) is 23.5. The van der Waals surface area contributed by atoms with Crippen molar-refractivity contribution in [1.29, 1.82) is 0 Å². The molecule has 4 aliphatic rings. The highest BCUT2D eigenvalue weighted by Gasteiger charge is 2.38. The standard InChI is InChI=1S/C27H20BrN5O2.C27H24BrN5O2.2C26H22BrN5O3/c1-16-23(25(34)33-15-14-17-8-2-6-12-21(17)33)24(18-9-3-4-10-19(18)28)31-26(29-16)32-27-30-20-11-5-7-13-22(20)35-27;1-16-10-4-8-14-21(16)33(3)25(34)23-17(2)29-26(31-24(23)18-11-5-6-12-19(18)28)32-27-30-20-13-7-9-15-22(20)35-27;1-15-22(24(33)29-18-11-5-7-13-20(18)34-2)23(16-9-3-4-10-17(16)27)31-25(28-15)32-26-30-19-12-6-8-14-21(19)35-26;1-15-22(24(33)29-16-11-13-17(34-2)14-12-16)23(18-7-3-4-8-19(18)27)31-25(28-15)32-26-30-20-9-5-6-10-21(20)35-26/h2-15,24H,1H3,(H2,29,30,31,32);4-15,24H,1-3H3,(H2,29,30,31,32);2*3-14,23H,1-2H3,(H,29,33)(H2,28,30,31,32). The average Bonchev–Trinajstić information content (AvgIpc) is 1.24. The van der Waals surface area contributed by atoms with Crippen LogP contribution < -0.4 is 67.5 Å². The lowest BCUT2D eigenvalue weighted by atomic mass is 9.95. The topological polar surface area (TPSA) is 369 Å².